The number of nitrogens with one attached hydrogen (secondary N) is 1. The molecule has 30 heavy (non-hydrogen) atoms. The molecule has 164 valence electrons. The lowest BCUT2D eigenvalue weighted by atomic mass is 10.2. The van der Waals surface area contributed by atoms with Gasteiger partial charge in [0.15, 0.2) is 4.84 Å². The number of anilines is 2. The smallest absolute Gasteiger partial charge is 0.414 e. The molecule has 2 N–H and O–H groups in total. The lowest BCUT2D eigenvalue weighted by Crippen LogP contribution is -2.49. The fourth-order valence-corrected chi connectivity index (χ4v) is 3.50. The first kappa shape index (κ1) is 22.4. The number of nitrogens with zero attached hydrogens (tertiary/aromatic N) is 3. The van der Waals surface area contributed by atoms with Crippen molar-refractivity contribution < 1.29 is 28.6 Å². The molecule has 3 amide bonds. The van der Waals surface area contributed by atoms with E-state index in [1.54, 1.807) is 17.0 Å². The summed E-state index contributed by atoms with van der Waals surface area (Å²) in [5.41, 5.74) is 0.693. The number of piperazine rings is 1. The maximum Gasteiger partial charge on any atom is 0.414 e. The van der Waals surface area contributed by atoms with E-state index in [1.165, 1.54) is 15.9 Å². The third-order valence-corrected chi connectivity index (χ3v) is 5.32. The molecule has 2 saturated heterocycles. The van der Waals surface area contributed by atoms with E-state index in [4.69, 9.17) is 33.0 Å². The predicted octanol–water partition coefficient (Wildman–Crippen LogP) is 0.712. The quantitative estimate of drug-likeness (QED) is 0.603. The monoisotopic (exact) mass is 462 g/mol. The molecule has 0 radical (unpaired) electrons. The molecule has 9 nitrogen and oxygen atoms in total. The van der Waals surface area contributed by atoms with Gasteiger partial charge in [-0.1, -0.05) is 23.2 Å². The number of amides is 3. The van der Waals surface area contributed by atoms with Crippen LogP contribution in [0.4, 0.5) is 20.6 Å². The first-order valence-corrected chi connectivity index (χ1v) is 10.1. The highest BCUT2D eigenvalue weighted by molar-refractivity contribution is 6.53. The Morgan fingerprint density at radius 2 is 1.97 bits per heavy atom. The van der Waals surface area contributed by atoms with Gasteiger partial charge in [0.2, 0.25) is 5.91 Å². The molecule has 12 heteroatoms. The third-order valence-electron chi connectivity index (χ3n) is 4.93. The van der Waals surface area contributed by atoms with Gasteiger partial charge in [0.05, 0.1) is 24.5 Å². The number of carbonyl (C=O) groups excluding carboxylic acids is 3. The largest absolute Gasteiger partial charge is 0.442 e. The first-order chi connectivity index (χ1) is 14.3. The average Bonchev–Trinajstić information content (AvgIpc) is 3.12. The summed E-state index contributed by atoms with van der Waals surface area (Å²) in [4.78, 5) is 38.5. The van der Waals surface area contributed by atoms with Gasteiger partial charge in [-0.25, -0.2) is 9.18 Å². The van der Waals surface area contributed by atoms with Gasteiger partial charge in [0.25, 0.3) is 5.91 Å². The van der Waals surface area contributed by atoms with Crippen LogP contribution in [-0.4, -0.2) is 84.7 Å². The first-order valence-electron chi connectivity index (χ1n) is 9.27. The Morgan fingerprint density at radius 3 is 2.57 bits per heavy atom. The lowest BCUT2D eigenvalue weighted by molar-refractivity contribution is -0.134. The van der Waals surface area contributed by atoms with E-state index in [2.05, 4.69) is 5.32 Å². The molecule has 3 rings (SSSR count). The van der Waals surface area contributed by atoms with Crippen molar-refractivity contribution in [3.63, 3.8) is 0 Å². The van der Waals surface area contributed by atoms with Crippen LogP contribution >= 0.6 is 23.2 Å². The van der Waals surface area contributed by atoms with Crippen molar-refractivity contribution in [1.82, 2.24) is 10.2 Å². The lowest BCUT2D eigenvalue weighted by Gasteiger charge is -2.36. The number of aliphatic hydroxyl groups is 1. The Bertz CT molecular complexity index is 820. The third kappa shape index (κ3) is 5.05. The minimum Gasteiger partial charge on any atom is -0.442 e. The van der Waals surface area contributed by atoms with E-state index in [1.807, 2.05) is 0 Å². The SMILES string of the molecule is O=C(NC[C@H]1CN(c2ccc(N3CCN(C(=O)CO)CC3)c(F)c2)C(=O)O1)C(Cl)Cl. The van der Waals surface area contributed by atoms with Crippen molar-refractivity contribution in [3.8, 4) is 0 Å². The predicted molar refractivity (Wildman–Crippen MR) is 108 cm³/mol. The topological polar surface area (TPSA) is 102 Å². The molecule has 0 spiro atoms. The number of ether oxygens (including phenoxy) is 1. The van der Waals surface area contributed by atoms with Gasteiger partial charge >= 0.3 is 6.09 Å². The number of hydrogen-bond acceptors (Lipinski definition) is 6. The van der Waals surface area contributed by atoms with Crippen LogP contribution in [0.25, 0.3) is 0 Å². The minimum absolute atomic E-state index is 0.0361. The second-order valence-corrected chi connectivity index (χ2v) is 7.92. The van der Waals surface area contributed by atoms with Gasteiger partial charge in [0.1, 0.15) is 18.5 Å². The molecular weight excluding hydrogens is 442 g/mol. The molecule has 2 heterocycles. The van der Waals surface area contributed by atoms with E-state index in [-0.39, 0.29) is 19.0 Å². The van der Waals surface area contributed by atoms with Crippen LogP contribution in [0.15, 0.2) is 18.2 Å². The van der Waals surface area contributed by atoms with Crippen molar-refractivity contribution in [2.24, 2.45) is 0 Å². The summed E-state index contributed by atoms with van der Waals surface area (Å²) in [5.74, 6) is -1.45. The number of alkyl halides is 2. The van der Waals surface area contributed by atoms with Crippen LogP contribution in [0, 0.1) is 5.82 Å². The Morgan fingerprint density at radius 1 is 1.27 bits per heavy atom. The van der Waals surface area contributed by atoms with Gasteiger partial charge in [-0.05, 0) is 18.2 Å². The summed E-state index contributed by atoms with van der Waals surface area (Å²) < 4.78 is 19.9. The van der Waals surface area contributed by atoms with Crippen molar-refractivity contribution >= 4 is 52.5 Å². The van der Waals surface area contributed by atoms with Gasteiger partial charge in [0, 0.05) is 26.2 Å². The fourth-order valence-electron chi connectivity index (χ4n) is 3.35. The normalized spacial score (nSPS) is 19.3. The summed E-state index contributed by atoms with van der Waals surface area (Å²) in [6.45, 7) is 1.26. The number of hydrogen-bond donors (Lipinski definition) is 2. The number of benzene rings is 1. The van der Waals surface area contributed by atoms with Gasteiger partial charge in [-0.15, -0.1) is 0 Å². The maximum atomic E-state index is 14.7. The minimum atomic E-state index is -1.22. The van der Waals surface area contributed by atoms with E-state index in [0.717, 1.165) is 0 Å². The summed E-state index contributed by atoms with van der Waals surface area (Å²) in [7, 11) is 0. The average molecular weight is 463 g/mol. The van der Waals surface area contributed by atoms with Crippen LogP contribution in [0.3, 0.4) is 0 Å². The fraction of sp³-hybridized carbons (Fsp3) is 0.500. The molecular formula is C18H21Cl2FN4O5. The van der Waals surface area contributed by atoms with E-state index >= 15 is 0 Å². The molecule has 2 aliphatic heterocycles. The second kappa shape index (κ2) is 9.67. The Kier molecular flexibility index (Phi) is 7.22. The van der Waals surface area contributed by atoms with Crippen molar-refractivity contribution in [1.29, 1.82) is 0 Å². The highest BCUT2D eigenvalue weighted by atomic mass is 35.5. The molecule has 0 unspecified atom stereocenters. The van der Waals surface area contributed by atoms with Crippen LogP contribution in [0.5, 0.6) is 0 Å². The molecule has 0 aliphatic carbocycles. The summed E-state index contributed by atoms with van der Waals surface area (Å²) in [6, 6.07) is 4.43. The zero-order chi connectivity index (χ0) is 21.8. The van der Waals surface area contributed by atoms with Crippen LogP contribution in [0.1, 0.15) is 0 Å². The van der Waals surface area contributed by atoms with Gasteiger partial charge < -0.3 is 25.0 Å². The zero-order valence-corrected chi connectivity index (χ0v) is 17.4. The second-order valence-electron chi connectivity index (χ2n) is 6.82. The summed E-state index contributed by atoms with van der Waals surface area (Å²) >= 11 is 10.9. The number of halogens is 3. The maximum absolute atomic E-state index is 14.7. The summed E-state index contributed by atoms with van der Waals surface area (Å²) in [6.07, 6.45) is -1.26. The number of carbonyl (C=O) groups is 3. The van der Waals surface area contributed by atoms with E-state index < -0.39 is 35.4 Å². The van der Waals surface area contributed by atoms with Gasteiger partial charge in [-0.3, -0.25) is 14.5 Å². The number of cyclic esters (lactones) is 1. The standard InChI is InChI=1S/C18H21Cl2FN4O5/c19-16(20)17(28)22-8-12-9-25(18(29)30-12)11-1-2-14(13(21)7-11)23-3-5-24(6-4-23)15(27)10-26/h1-2,7,12,16,26H,3-6,8-10H2,(H,22,28)/t12-/m0/s1. The summed E-state index contributed by atoms with van der Waals surface area (Å²) in [5, 5.41) is 11.4. The molecule has 0 bridgehead atoms. The van der Waals surface area contributed by atoms with E-state index in [9.17, 15) is 18.8 Å². The highest BCUT2D eigenvalue weighted by Crippen LogP contribution is 2.28. The molecule has 1 aromatic rings. The van der Waals surface area contributed by atoms with Crippen LogP contribution < -0.4 is 15.1 Å². The molecule has 1 aromatic carbocycles. The van der Waals surface area contributed by atoms with Crippen LogP contribution in [-0.2, 0) is 14.3 Å². The van der Waals surface area contributed by atoms with Crippen LogP contribution in [0.2, 0.25) is 0 Å². The number of rotatable bonds is 6. The molecule has 0 saturated carbocycles. The Balaban J connectivity index is 1.61. The highest BCUT2D eigenvalue weighted by Gasteiger charge is 2.33. The van der Waals surface area contributed by atoms with Crippen molar-refractivity contribution in [2.45, 2.75) is 10.9 Å². The van der Waals surface area contributed by atoms with Crippen molar-refractivity contribution in [2.75, 3.05) is 55.7 Å². The van der Waals surface area contributed by atoms with Crippen molar-refractivity contribution in [3.05, 3.63) is 24.0 Å². The molecule has 2 aliphatic rings. The zero-order valence-electron chi connectivity index (χ0n) is 15.9. The Labute approximate surface area is 182 Å². The number of aliphatic hydroxyl groups excluding tert-OH is 1. The molecule has 0 aromatic heterocycles. The van der Waals surface area contributed by atoms with Gasteiger partial charge in [-0.2, -0.15) is 0 Å². The molecule has 1 atom stereocenters. The molecule has 2 fully saturated rings. The van der Waals surface area contributed by atoms with E-state index in [0.29, 0.717) is 37.6 Å². The Hall–Kier alpha value is -2.30.